The van der Waals surface area contributed by atoms with Crippen molar-refractivity contribution in [1.82, 2.24) is 4.72 Å². The molecule has 0 saturated carbocycles. The Morgan fingerprint density at radius 1 is 1.09 bits per heavy atom. The van der Waals surface area contributed by atoms with Gasteiger partial charge in [0, 0.05) is 12.6 Å². The van der Waals surface area contributed by atoms with E-state index in [1.807, 2.05) is 0 Å². The maximum Gasteiger partial charge on any atom is 0.289 e. The molecule has 0 unspecified atom stereocenters. The Morgan fingerprint density at radius 3 is 2.45 bits per heavy atom. The molecule has 0 amide bonds. The van der Waals surface area contributed by atoms with Crippen molar-refractivity contribution in [2.45, 2.75) is 11.4 Å². The minimum absolute atomic E-state index is 0.131. The molecule has 22 heavy (non-hydrogen) atoms. The number of nitro groups is 1. The Morgan fingerprint density at radius 2 is 1.77 bits per heavy atom. The third-order valence-corrected chi connectivity index (χ3v) is 5.14. The first-order valence-electron chi connectivity index (χ1n) is 5.99. The third-order valence-electron chi connectivity index (χ3n) is 2.84. The fraction of sp³-hybridized carbons (Fsp3) is 0.0769. The summed E-state index contributed by atoms with van der Waals surface area (Å²) in [4.78, 5) is 9.76. The average Bonchev–Trinajstić information content (AvgIpc) is 2.49. The zero-order valence-corrected chi connectivity index (χ0v) is 13.3. The van der Waals surface area contributed by atoms with Crippen molar-refractivity contribution in [3.63, 3.8) is 0 Å². The van der Waals surface area contributed by atoms with Gasteiger partial charge in [-0.2, -0.15) is 0 Å². The van der Waals surface area contributed by atoms with Gasteiger partial charge in [-0.3, -0.25) is 10.1 Å². The zero-order valence-electron chi connectivity index (χ0n) is 11.0. The van der Waals surface area contributed by atoms with Gasteiger partial charge in [0.05, 0.1) is 15.0 Å². The van der Waals surface area contributed by atoms with Gasteiger partial charge in [0.2, 0.25) is 10.0 Å². The number of rotatable bonds is 5. The molecule has 2 aromatic carbocycles. The van der Waals surface area contributed by atoms with E-state index in [1.54, 1.807) is 18.2 Å². The molecule has 0 atom stereocenters. The summed E-state index contributed by atoms with van der Waals surface area (Å²) in [6, 6.07) is 9.91. The van der Waals surface area contributed by atoms with Gasteiger partial charge in [0.1, 0.15) is 0 Å². The molecule has 0 saturated heterocycles. The molecule has 116 valence electrons. The van der Waals surface area contributed by atoms with E-state index in [2.05, 4.69) is 4.72 Å². The van der Waals surface area contributed by atoms with Crippen LogP contribution in [0.2, 0.25) is 10.0 Å². The first-order valence-corrected chi connectivity index (χ1v) is 8.23. The van der Waals surface area contributed by atoms with Crippen LogP contribution in [-0.4, -0.2) is 13.3 Å². The smallest absolute Gasteiger partial charge is 0.258 e. The Bertz CT molecular complexity index is 825. The summed E-state index contributed by atoms with van der Waals surface area (Å²) in [6.07, 6.45) is 0. The molecule has 0 aromatic heterocycles. The summed E-state index contributed by atoms with van der Waals surface area (Å²) in [5.74, 6) is 0. The van der Waals surface area contributed by atoms with Gasteiger partial charge in [0.25, 0.3) is 5.69 Å². The van der Waals surface area contributed by atoms with Crippen LogP contribution in [-0.2, 0) is 16.6 Å². The van der Waals surface area contributed by atoms with Crippen molar-refractivity contribution in [2.75, 3.05) is 0 Å². The van der Waals surface area contributed by atoms with Gasteiger partial charge in [-0.1, -0.05) is 47.5 Å². The number of sulfonamides is 1. The van der Waals surface area contributed by atoms with E-state index in [1.165, 1.54) is 18.2 Å². The summed E-state index contributed by atoms with van der Waals surface area (Å²) >= 11 is 11.8. The van der Waals surface area contributed by atoms with E-state index in [0.717, 1.165) is 6.07 Å². The van der Waals surface area contributed by atoms with Gasteiger partial charge in [-0.15, -0.1) is 0 Å². The number of nitrogens with one attached hydrogen (secondary N) is 1. The minimum atomic E-state index is -4.06. The maximum atomic E-state index is 12.2. The molecule has 2 aromatic rings. The molecule has 9 heteroatoms. The van der Waals surface area contributed by atoms with Gasteiger partial charge >= 0.3 is 0 Å². The molecule has 1 N–H and O–H groups in total. The minimum Gasteiger partial charge on any atom is -0.258 e. The van der Waals surface area contributed by atoms with Crippen LogP contribution in [0.1, 0.15) is 5.56 Å². The summed E-state index contributed by atoms with van der Waals surface area (Å²) < 4.78 is 26.8. The van der Waals surface area contributed by atoms with Crippen molar-refractivity contribution in [3.05, 3.63) is 68.2 Å². The van der Waals surface area contributed by atoms with Gasteiger partial charge in [-0.25, -0.2) is 13.1 Å². The molecular weight excluding hydrogens is 351 g/mol. The van der Waals surface area contributed by atoms with E-state index in [0.29, 0.717) is 10.6 Å². The molecular formula is C13H10Cl2N2O4S. The Balaban J connectivity index is 2.29. The van der Waals surface area contributed by atoms with Crippen molar-refractivity contribution < 1.29 is 13.3 Å². The van der Waals surface area contributed by atoms with E-state index in [9.17, 15) is 18.5 Å². The van der Waals surface area contributed by atoms with Gasteiger partial charge in [-0.05, 0) is 17.7 Å². The normalized spacial score (nSPS) is 11.4. The zero-order chi connectivity index (χ0) is 16.3. The Hall–Kier alpha value is -1.67. The summed E-state index contributed by atoms with van der Waals surface area (Å²) in [5.41, 5.74) is -0.0245. The lowest BCUT2D eigenvalue weighted by Crippen LogP contribution is -2.24. The van der Waals surface area contributed by atoms with Crippen LogP contribution < -0.4 is 4.72 Å². The van der Waals surface area contributed by atoms with Crippen LogP contribution in [0, 0.1) is 10.1 Å². The largest absolute Gasteiger partial charge is 0.289 e. The molecule has 6 nitrogen and oxygen atoms in total. The molecule has 0 aliphatic carbocycles. The SMILES string of the molecule is O=[N+]([O-])c1ccccc1S(=O)(=O)NCc1cccc(Cl)c1Cl. The second-order valence-electron chi connectivity index (χ2n) is 4.26. The van der Waals surface area contributed by atoms with Crippen LogP contribution in [0.3, 0.4) is 0 Å². The van der Waals surface area contributed by atoms with Crippen molar-refractivity contribution >= 4 is 38.9 Å². The Kier molecular flexibility index (Phi) is 5.02. The number of nitro benzene ring substituents is 1. The highest BCUT2D eigenvalue weighted by molar-refractivity contribution is 7.89. The highest BCUT2D eigenvalue weighted by Crippen LogP contribution is 2.27. The van der Waals surface area contributed by atoms with Crippen LogP contribution in [0.25, 0.3) is 0 Å². The topological polar surface area (TPSA) is 89.3 Å². The van der Waals surface area contributed by atoms with E-state index in [4.69, 9.17) is 23.2 Å². The molecule has 0 aliphatic rings. The van der Waals surface area contributed by atoms with E-state index < -0.39 is 25.5 Å². The summed E-state index contributed by atoms with van der Waals surface area (Å²) in [6.45, 7) is -0.131. The monoisotopic (exact) mass is 360 g/mol. The lowest BCUT2D eigenvalue weighted by atomic mass is 10.2. The average molecular weight is 361 g/mol. The third kappa shape index (κ3) is 3.56. The van der Waals surface area contributed by atoms with Crippen LogP contribution in [0.15, 0.2) is 47.4 Å². The number of hydrogen-bond acceptors (Lipinski definition) is 4. The lowest BCUT2D eigenvalue weighted by molar-refractivity contribution is -0.387. The lowest BCUT2D eigenvalue weighted by Gasteiger charge is -2.09. The predicted octanol–water partition coefficient (Wildman–Crippen LogP) is 3.38. The van der Waals surface area contributed by atoms with E-state index >= 15 is 0 Å². The second kappa shape index (κ2) is 6.62. The second-order valence-corrected chi connectivity index (χ2v) is 6.78. The number of para-hydroxylation sites is 1. The van der Waals surface area contributed by atoms with E-state index in [-0.39, 0.29) is 11.6 Å². The highest BCUT2D eigenvalue weighted by Gasteiger charge is 2.24. The van der Waals surface area contributed by atoms with Crippen LogP contribution >= 0.6 is 23.2 Å². The first-order chi connectivity index (χ1) is 10.3. The fourth-order valence-electron chi connectivity index (χ4n) is 1.77. The fourth-order valence-corrected chi connectivity index (χ4v) is 3.33. The number of halogens is 2. The van der Waals surface area contributed by atoms with Gasteiger partial charge < -0.3 is 0 Å². The standard InChI is InChI=1S/C13H10Cl2N2O4S/c14-10-5-3-4-9(13(10)15)8-16-22(20,21)12-7-2-1-6-11(12)17(18)19/h1-7,16H,8H2. The number of hydrogen-bond donors (Lipinski definition) is 1. The molecule has 0 spiro atoms. The first kappa shape index (κ1) is 16.7. The number of nitrogens with zero attached hydrogens (tertiary/aromatic N) is 1. The molecule has 0 heterocycles. The van der Waals surface area contributed by atoms with Crippen LogP contribution in [0.5, 0.6) is 0 Å². The van der Waals surface area contributed by atoms with Crippen molar-refractivity contribution in [3.8, 4) is 0 Å². The summed E-state index contributed by atoms with van der Waals surface area (Å²) in [5, 5.41) is 11.4. The van der Waals surface area contributed by atoms with Gasteiger partial charge in [0.15, 0.2) is 4.90 Å². The maximum absolute atomic E-state index is 12.2. The molecule has 2 rings (SSSR count). The molecule has 0 radical (unpaired) electrons. The predicted molar refractivity (Wildman–Crippen MR) is 83.6 cm³/mol. The Labute approximate surface area is 136 Å². The van der Waals surface area contributed by atoms with Crippen LogP contribution in [0.4, 0.5) is 5.69 Å². The quantitative estimate of drug-likeness (QED) is 0.653. The highest BCUT2D eigenvalue weighted by atomic mass is 35.5. The summed E-state index contributed by atoms with van der Waals surface area (Å²) in [7, 11) is -4.06. The molecule has 0 bridgehead atoms. The molecule has 0 aliphatic heterocycles. The molecule has 0 fully saturated rings. The number of benzene rings is 2. The van der Waals surface area contributed by atoms with Crippen molar-refractivity contribution in [2.24, 2.45) is 0 Å². The van der Waals surface area contributed by atoms with Crippen molar-refractivity contribution in [1.29, 1.82) is 0 Å².